The van der Waals surface area contributed by atoms with Gasteiger partial charge in [0.2, 0.25) is 5.91 Å². The molecule has 0 bridgehead atoms. The van der Waals surface area contributed by atoms with Gasteiger partial charge in [-0.15, -0.1) is 0 Å². The first-order valence-electron chi connectivity index (χ1n) is 8.84. The van der Waals surface area contributed by atoms with Crippen molar-refractivity contribution in [3.05, 3.63) is 64.9 Å². The van der Waals surface area contributed by atoms with Crippen LogP contribution in [-0.4, -0.2) is 54.3 Å². The Morgan fingerprint density at radius 1 is 1.04 bits per heavy atom. The van der Waals surface area contributed by atoms with Gasteiger partial charge < -0.3 is 10.2 Å². The van der Waals surface area contributed by atoms with Crippen LogP contribution < -0.4 is 5.32 Å². The van der Waals surface area contributed by atoms with Gasteiger partial charge in [-0.05, 0) is 30.3 Å². The van der Waals surface area contributed by atoms with Crippen molar-refractivity contribution >= 4 is 29.1 Å². The molecule has 7 heteroatoms. The van der Waals surface area contributed by atoms with E-state index in [9.17, 15) is 14.0 Å². The van der Waals surface area contributed by atoms with Gasteiger partial charge in [0.05, 0.1) is 5.69 Å². The fourth-order valence-corrected chi connectivity index (χ4v) is 3.16. The number of anilines is 1. The highest BCUT2D eigenvalue weighted by molar-refractivity contribution is 6.30. The molecule has 1 saturated heterocycles. The Morgan fingerprint density at radius 2 is 1.74 bits per heavy atom. The summed E-state index contributed by atoms with van der Waals surface area (Å²) in [6, 6.07) is 13.4. The van der Waals surface area contributed by atoms with Crippen molar-refractivity contribution in [3.63, 3.8) is 0 Å². The van der Waals surface area contributed by atoms with Gasteiger partial charge in [-0.2, -0.15) is 0 Å². The highest BCUT2D eigenvalue weighted by atomic mass is 35.5. The van der Waals surface area contributed by atoms with Crippen molar-refractivity contribution < 1.29 is 14.0 Å². The van der Waals surface area contributed by atoms with Crippen LogP contribution in [0, 0.1) is 5.82 Å². The normalized spacial score (nSPS) is 14.8. The van der Waals surface area contributed by atoms with Gasteiger partial charge in [-0.3, -0.25) is 14.5 Å². The van der Waals surface area contributed by atoms with E-state index in [0.717, 1.165) is 0 Å². The highest BCUT2D eigenvalue weighted by Gasteiger charge is 2.22. The van der Waals surface area contributed by atoms with Crippen LogP contribution in [0.2, 0.25) is 5.02 Å². The average molecular weight is 390 g/mol. The van der Waals surface area contributed by atoms with Gasteiger partial charge in [-0.1, -0.05) is 29.8 Å². The highest BCUT2D eigenvalue weighted by Crippen LogP contribution is 2.19. The Balaban J connectivity index is 1.43. The summed E-state index contributed by atoms with van der Waals surface area (Å²) in [5.41, 5.74) is 0.818. The summed E-state index contributed by atoms with van der Waals surface area (Å²) in [6.07, 6.45) is 0.259. The van der Waals surface area contributed by atoms with E-state index in [4.69, 9.17) is 11.6 Å². The smallest absolute Gasteiger partial charge is 0.253 e. The minimum Gasteiger partial charge on any atom is -0.336 e. The van der Waals surface area contributed by atoms with Crippen LogP contribution in [0.1, 0.15) is 16.8 Å². The monoisotopic (exact) mass is 389 g/mol. The number of nitrogens with zero attached hydrogens (tertiary/aromatic N) is 2. The van der Waals surface area contributed by atoms with E-state index < -0.39 is 5.82 Å². The van der Waals surface area contributed by atoms with Crippen molar-refractivity contribution in [1.82, 2.24) is 9.80 Å². The molecule has 0 spiro atoms. The summed E-state index contributed by atoms with van der Waals surface area (Å²) in [5, 5.41) is 2.85. The van der Waals surface area contributed by atoms with Crippen LogP contribution in [-0.2, 0) is 4.79 Å². The third-order valence-electron chi connectivity index (χ3n) is 4.54. The van der Waals surface area contributed by atoms with Crippen LogP contribution >= 0.6 is 11.6 Å². The predicted molar refractivity (Wildman–Crippen MR) is 103 cm³/mol. The first kappa shape index (κ1) is 19.3. The maximum atomic E-state index is 13.7. The zero-order chi connectivity index (χ0) is 19.2. The number of hydrogen-bond acceptors (Lipinski definition) is 3. The van der Waals surface area contributed by atoms with Crippen LogP contribution in [0.4, 0.5) is 10.1 Å². The molecule has 1 heterocycles. The lowest BCUT2D eigenvalue weighted by Gasteiger charge is -2.34. The minimum atomic E-state index is -0.552. The molecule has 142 valence electrons. The number of carbonyl (C=O) groups excluding carboxylic acids is 2. The Labute approximate surface area is 162 Å². The SMILES string of the molecule is O=C(CCN1CCN(C(=O)c2ccccc2)CC1)Nc1ccc(Cl)cc1F. The van der Waals surface area contributed by atoms with Crippen LogP contribution in [0.25, 0.3) is 0 Å². The summed E-state index contributed by atoms with van der Waals surface area (Å²) in [4.78, 5) is 28.4. The molecule has 0 aliphatic carbocycles. The topological polar surface area (TPSA) is 52.7 Å². The molecule has 1 aliphatic heterocycles. The predicted octanol–water partition coefficient (Wildman–Crippen LogP) is 3.27. The molecule has 0 atom stereocenters. The van der Waals surface area contributed by atoms with Crippen molar-refractivity contribution in [2.45, 2.75) is 6.42 Å². The minimum absolute atomic E-state index is 0.0335. The maximum Gasteiger partial charge on any atom is 0.253 e. The molecule has 5 nitrogen and oxygen atoms in total. The van der Waals surface area contributed by atoms with E-state index in [1.165, 1.54) is 18.2 Å². The second kappa shape index (κ2) is 8.97. The molecule has 2 aromatic carbocycles. The van der Waals surface area contributed by atoms with Crippen LogP contribution in [0.5, 0.6) is 0 Å². The fraction of sp³-hybridized carbons (Fsp3) is 0.300. The van der Waals surface area contributed by atoms with E-state index in [-0.39, 0.29) is 28.9 Å². The first-order chi connectivity index (χ1) is 13.0. The molecule has 2 aromatic rings. The van der Waals surface area contributed by atoms with Gasteiger partial charge in [-0.25, -0.2) is 4.39 Å². The summed E-state index contributed by atoms with van der Waals surface area (Å²) in [7, 11) is 0. The Morgan fingerprint density at radius 3 is 2.41 bits per heavy atom. The van der Waals surface area contributed by atoms with Crippen molar-refractivity contribution in [2.75, 3.05) is 38.0 Å². The lowest BCUT2D eigenvalue weighted by Crippen LogP contribution is -2.49. The molecular formula is C20H21ClFN3O2. The first-order valence-corrected chi connectivity index (χ1v) is 9.22. The summed E-state index contributed by atoms with van der Waals surface area (Å²) in [5.74, 6) is -0.769. The number of halogens is 2. The second-order valence-corrected chi connectivity index (χ2v) is 6.86. The third kappa shape index (κ3) is 5.28. The molecule has 0 radical (unpaired) electrons. The fourth-order valence-electron chi connectivity index (χ4n) is 3.00. The number of piperazine rings is 1. The largest absolute Gasteiger partial charge is 0.336 e. The van der Waals surface area contributed by atoms with E-state index in [1.807, 2.05) is 35.2 Å². The zero-order valence-electron chi connectivity index (χ0n) is 14.8. The Kier molecular flexibility index (Phi) is 6.42. The molecule has 27 heavy (non-hydrogen) atoms. The number of benzene rings is 2. The van der Waals surface area contributed by atoms with E-state index >= 15 is 0 Å². The number of nitrogens with one attached hydrogen (secondary N) is 1. The summed E-state index contributed by atoms with van der Waals surface area (Å²) < 4.78 is 13.7. The molecule has 1 aliphatic rings. The number of carbonyl (C=O) groups is 2. The summed E-state index contributed by atoms with van der Waals surface area (Å²) >= 11 is 5.70. The van der Waals surface area contributed by atoms with Gasteiger partial charge in [0.1, 0.15) is 5.82 Å². The van der Waals surface area contributed by atoms with E-state index in [0.29, 0.717) is 38.3 Å². The Bertz CT molecular complexity index is 808. The lowest BCUT2D eigenvalue weighted by molar-refractivity contribution is -0.116. The number of rotatable bonds is 5. The van der Waals surface area contributed by atoms with Crippen molar-refractivity contribution in [3.8, 4) is 0 Å². The molecule has 0 unspecified atom stereocenters. The second-order valence-electron chi connectivity index (χ2n) is 6.42. The maximum absolute atomic E-state index is 13.7. The van der Waals surface area contributed by atoms with Crippen molar-refractivity contribution in [1.29, 1.82) is 0 Å². The number of amides is 2. The van der Waals surface area contributed by atoms with E-state index in [2.05, 4.69) is 10.2 Å². The zero-order valence-corrected chi connectivity index (χ0v) is 15.6. The average Bonchev–Trinajstić information content (AvgIpc) is 2.69. The molecule has 1 N–H and O–H groups in total. The van der Waals surface area contributed by atoms with Gasteiger partial charge in [0.15, 0.2) is 0 Å². The quantitative estimate of drug-likeness (QED) is 0.853. The van der Waals surface area contributed by atoms with E-state index in [1.54, 1.807) is 0 Å². The molecular weight excluding hydrogens is 369 g/mol. The molecule has 0 saturated carbocycles. The summed E-state index contributed by atoms with van der Waals surface area (Å²) in [6.45, 7) is 3.24. The lowest BCUT2D eigenvalue weighted by atomic mass is 10.2. The Hall–Kier alpha value is -2.44. The standard InChI is InChI=1S/C20H21ClFN3O2/c21-16-6-7-18(17(22)14-16)23-19(26)8-9-24-10-12-25(13-11-24)20(27)15-4-2-1-3-5-15/h1-7,14H,8-13H2,(H,23,26). The van der Waals surface area contributed by atoms with Crippen LogP contribution in [0.3, 0.4) is 0 Å². The number of hydrogen-bond donors (Lipinski definition) is 1. The molecule has 2 amide bonds. The van der Waals surface area contributed by atoms with Gasteiger partial charge in [0.25, 0.3) is 5.91 Å². The third-order valence-corrected chi connectivity index (χ3v) is 4.78. The van der Waals surface area contributed by atoms with Gasteiger partial charge >= 0.3 is 0 Å². The van der Waals surface area contributed by atoms with Crippen molar-refractivity contribution in [2.24, 2.45) is 0 Å². The molecule has 0 aromatic heterocycles. The molecule has 3 rings (SSSR count). The van der Waals surface area contributed by atoms with Crippen LogP contribution in [0.15, 0.2) is 48.5 Å². The van der Waals surface area contributed by atoms with Gasteiger partial charge in [0, 0.05) is 49.7 Å². The molecule has 1 fully saturated rings.